The van der Waals surface area contributed by atoms with Crippen LogP contribution in [0, 0.1) is 0 Å². The molecular weight excluding hydrogens is 252 g/mol. The molecule has 1 aliphatic carbocycles. The molecule has 1 unspecified atom stereocenters. The van der Waals surface area contributed by atoms with Gasteiger partial charge in [-0.3, -0.25) is 4.79 Å². The van der Waals surface area contributed by atoms with Gasteiger partial charge in [0.1, 0.15) is 11.9 Å². The van der Waals surface area contributed by atoms with Gasteiger partial charge in [-0.25, -0.2) is 4.98 Å². The second kappa shape index (κ2) is 5.25. The predicted molar refractivity (Wildman–Crippen MR) is 78.4 cm³/mol. The Bertz CT molecular complexity index is 630. The Hall–Kier alpha value is -1.88. The third-order valence-electron chi connectivity index (χ3n) is 3.73. The predicted octanol–water partition coefficient (Wildman–Crippen LogP) is 1.38. The molecule has 0 saturated heterocycles. The van der Waals surface area contributed by atoms with E-state index >= 15 is 0 Å². The standard InChI is InChI=1S/C15H20N4O/c1-10(15(20)17-11-6-7-11)19-13-5-3-2-4-12(13)18-14(19)8-9-16/h2-5,10-11H,6-9,16H2,1H3,(H,17,20). The van der Waals surface area contributed by atoms with E-state index in [-0.39, 0.29) is 11.9 Å². The van der Waals surface area contributed by atoms with Crippen molar-refractivity contribution in [2.75, 3.05) is 6.54 Å². The summed E-state index contributed by atoms with van der Waals surface area (Å²) in [7, 11) is 0. The maximum atomic E-state index is 12.3. The molecule has 0 bridgehead atoms. The molecule has 20 heavy (non-hydrogen) atoms. The zero-order chi connectivity index (χ0) is 14.1. The molecule has 1 heterocycles. The number of hydrogen-bond acceptors (Lipinski definition) is 3. The number of carbonyl (C=O) groups is 1. The van der Waals surface area contributed by atoms with Crippen molar-refractivity contribution in [3.05, 3.63) is 30.1 Å². The van der Waals surface area contributed by atoms with Gasteiger partial charge in [-0.1, -0.05) is 12.1 Å². The number of para-hydroxylation sites is 2. The van der Waals surface area contributed by atoms with Gasteiger partial charge in [0, 0.05) is 12.5 Å². The quantitative estimate of drug-likeness (QED) is 0.863. The van der Waals surface area contributed by atoms with Crippen molar-refractivity contribution in [3.63, 3.8) is 0 Å². The van der Waals surface area contributed by atoms with E-state index in [0.29, 0.717) is 19.0 Å². The summed E-state index contributed by atoms with van der Waals surface area (Å²) < 4.78 is 2.01. The average Bonchev–Trinajstić information content (AvgIpc) is 3.18. The smallest absolute Gasteiger partial charge is 0.243 e. The summed E-state index contributed by atoms with van der Waals surface area (Å²) in [5, 5.41) is 3.06. The summed E-state index contributed by atoms with van der Waals surface area (Å²) >= 11 is 0. The summed E-state index contributed by atoms with van der Waals surface area (Å²) in [6.07, 6.45) is 2.87. The second-order valence-electron chi connectivity index (χ2n) is 5.38. The van der Waals surface area contributed by atoms with Gasteiger partial charge in [0.05, 0.1) is 11.0 Å². The van der Waals surface area contributed by atoms with Crippen LogP contribution in [-0.4, -0.2) is 28.0 Å². The number of carbonyl (C=O) groups excluding carboxylic acids is 1. The minimum Gasteiger partial charge on any atom is -0.352 e. The lowest BCUT2D eigenvalue weighted by atomic mass is 10.2. The Morgan fingerprint density at radius 3 is 2.95 bits per heavy atom. The van der Waals surface area contributed by atoms with Crippen LogP contribution in [0.1, 0.15) is 31.6 Å². The molecule has 5 nitrogen and oxygen atoms in total. The molecule has 1 fully saturated rings. The molecule has 1 aromatic heterocycles. The Labute approximate surface area is 118 Å². The number of fused-ring (bicyclic) bond motifs is 1. The molecule has 0 spiro atoms. The number of nitrogens with one attached hydrogen (secondary N) is 1. The largest absolute Gasteiger partial charge is 0.352 e. The summed E-state index contributed by atoms with van der Waals surface area (Å²) in [6.45, 7) is 2.45. The van der Waals surface area contributed by atoms with Gasteiger partial charge in [-0.2, -0.15) is 0 Å². The topological polar surface area (TPSA) is 72.9 Å². The Balaban J connectivity index is 1.98. The molecule has 0 radical (unpaired) electrons. The number of imidazole rings is 1. The molecule has 1 aromatic carbocycles. The summed E-state index contributed by atoms with van der Waals surface area (Å²) in [6, 6.07) is 8.02. The van der Waals surface area contributed by atoms with Crippen molar-refractivity contribution in [2.45, 2.75) is 38.3 Å². The zero-order valence-corrected chi connectivity index (χ0v) is 11.7. The van der Waals surface area contributed by atoms with E-state index in [9.17, 15) is 4.79 Å². The first-order valence-corrected chi connectivity index (χ1v) is 7.17. The molecule has 1 atom stereocenters. The van der Waals surface area contributed by atoms with Gasteiger partial charge in [0.15, 0.2) is 0 Å². The minimum absolute atomic E-state index is 0.0638. The zero-order valence-electron chi connectivity index (χ0n) is 11.7. The molecule has 1 aliphatic rings. The molecule has 2 aromatic rings. The van der Waals surface area contributed by atoms with Crippen molar-refractivity contribution < 1.29 is 4.79 Å². The van der Waals surface area contributed by atoms with Crippen LogP contribution in [0.5, 0.6) is 0 Å². The van der Waals surface area contributed by atoms with E-state index in [1.54, 1.807) is 0 Å². The average molecular weight is 272 g/mol. The Morgan fingerprint density at radius 1 is 1.50 bits per heavy atom. The van der Waals surface area contributed by atoms with E-state index in [4.69, 9.17) is 5.73 Å². The number of rotatable bonds is 5. The highest BCUT2D eigenvalue weighted by Gasteiger charge is 2.27. The maximum absolute atomic E-state index is 12.3. The fourth-order valence-corrected chi connectivity index (χ4v) is 2.50. The highest BCUT2D eigenvalue weighted by molar-refractivity contribution is 5.84. The molecule has 1 amide bonds. The van der Waals surface area contributed by atoms with Gasteiger partial charge in [0.25, 0.3) is 0 Å². The highest BCUT2D eigenvalue weighted by atomic mass is 16.2. The number of aromatic nitrogens is 2. The van der Waals surface area contributed by atoms with E-state index in [0.717, 1.165) is 29.7 Å². The van der Waals surface area contributed by atoms with Crippen molar-refractivity contribution in [2.24, 2.45) is 5.73 Å². The molecular formula is C15H20N4O. The Kier molecular flexibility index (Phi) is 3.44. The van der Waals surface area contributed by atoms with E-state index < -0.39 is 0 Å². The van der Waals surface area contributed by atoms with Crippen LogP contribution in [-0.2, 0) is 11.2 Å². The summed E-state index contributed by atoms with van der Waals surface area (Å²) in [5.74, 6) is 0.945. The normalized spacial score (nSPS) is 16.3. The van der Waals surface area contributed by atoms with Crippen LogP contribution in [0.2, 0.25) is 0 Å². The van der Waals surface area contributed by atoms with Crippen molar-refractivity contribution >= 4 is 16.9 Å². The van der Waals surface area contributed by atoms with Gasteiger partial charge >= 0.3 is 0 Å². The lowest BCUT2D eigenvalue weighted by Crippen LogP contribution is -2.33. The fourth-order valence-electron chi connectivity index (χ4n) is 2.50. The third-order valence-corrected chi connectivity index (χ3v) is 3.73. The SMILES string of the molecule is CC(C(=O)NC1CC1)n1c(CCN)nc2ccccc21. The maximum Gasteiger partial charge on any atom is 0.243 e. The van der Waals surface area contributed by atoms with Gasteiger partial charge < -0.3 is 15.6 Å². The van der Waals surface area contributed by atoms with Crippen LogP contribution < -0.4 is 11.1 Å². The summed E-state index contributed by atoms with van der Waals surface area (Å²) in [5.41, 5.74) is 7.58. The molecule has 0 aliphatic heterocycles. The van der Waals surface area contributed by atoms with Crippen LogP contribution in [0.3, 0.4) is 0 Å². The van der Waals surface area contributed by atoms with Gasteiger partial charge in [0.2, 0.25) is 5.91 Å². The monoisotopic (exact) mass is 272 g/mol. The van der Waals surface area contributed by atoms with E-state index in [2.05, 4.69) is 10.3 Å². The van der Waals surface area contributed by atoms with E-state index in [1.807, 2.05) is 35.8 Å². The number of nitrogens with two attached hydrogens (primary N) is 1. The summed E-state index contributed by atoms with van der Waals surface area (Å²) in [4.78, 5) is 16.9. The number of amides is 1. The molecule has 106 valence electrons. The van der Waals surface area contributed by atoms with Crippen LogP contribution in [0.25, 0.3) is 11.0 Å². The number of benzene rings is 1. The fraction of sp³-hybridized carbons (Fsp3) is 0.467. The molecule has 5 heteroatoms. The lowest BCUT2D eigenvalue weighted by Gasteiger charge is -2.17. The van der Waals surface area contributed by atoms with Crippen LogP contribution >= 0.6 is 0 Å². The van der Waals surface area contributed by atoms with Crippen LogP contribution in [0.4, 0.5) is 0 Å². The molecule has 3 N–H and O–H groups in total. The molecule has 3 rings (SSSR count). The first-order chi connectivity index (χ1) is 9.70. The second-order valence-corrected chi connectivity index (χ2v) is 5.38. The number of hydrogen-bond donors (Lipinski definition) is 2. The van der Waals surface area contributed by atoms with Crippen molar-refractivity contribution in [3.8, 4) is 0 Å². The minimum atomic E-state index is -0.260. The number of nitrogens with zero attached hydrogens (tertiary/aromatic N) is 2. The van der Waals surface area contributed by atoms with Crippen molar-refractivity contribution in [1.82, 2.24) is 14.9 Å². The lowest BCUT2D eigenvalue weighted by molar-refractivity contribution is -0.124. The van der Waals surface area contributed by atoms with E-state index in [1.165, 1.54) is 0 Å². The Morgan fingerprint density at radius 2 is 2.25 bits per heavy atom. The highest BCUT2D eigenvalue weighted by Crippen LogP contribution is 2.24. The van der Waals surface area contributed by atoms with Crippen LogP contribution in [0.15, 0.2) is 24.3 Å². The van der Waals surface area contributed by atoms with Crippen molar-refractivity contribution in [1.29, 1.82) is 0 Å². The third kappa shape index (κ3) is 2.41. The first-order valence-electron chi connectivity index (χ1n) is 7.17. The molecule has 1 saturated carbocycles. The van der Waals surface area contributed by atoms with Gasteiger partial charge in [-0.15, -0.1) is 0 Å². The first kappa shape index (κ1) is 13.1. The van der Waals surface area contributed by atoms with Gasteiger partial charge in [-0.05, 0) is 38.4 Å².